The molecule has 0 atom stereocenters. The van der Waals surface area contributed by atoms with Crippen LogP contribution in [-0.2, 0) is 17.8 Å². The van der Waals surface area contributed by atoms with Crippen LogP contribution in [0.15, 0.2) is 73.1 Å². The van der Waals surface area contributed by atoms with E-state index < -0.39 is 0 Å². The van der Waals surface area contributed by atoms with Gasteiger partial charge in [-0.3, -0.25) is 14.6 Å². The molecule has 4 N–H and O–H groups in total. The number of anilines is 2. The maximum absolute atomic E-state index is 12.7. The Labute approximate surface area is 191 Å². The van der Waals surface area contributed by atoms with Crippen molar-refractivity contribution in [2.24, 2.45) is 0 Å². The number of aromatic nitrogens is 1. The number of benzene rings is 2. The van der Waals surface area contributed by atoms with Crippen LogP contribution in [0.1, 0.15) is 33.5 Å². The molecular weight excluding hydrogens is 420 g/mol. The third kappa shape index (κ3) is 5.56. The Hall–Kier alpha value is -3.58. The summed E-state index contributed by atoms with van der Waals surface area (Å²) in [6.07, 6.45) is 6.90. The molecule has 0 saturated carbocycles. The molecule has 3 aromatic rings. The minimum atomic E-state index is -0.227. The highest BCUT2D eigenvalue weighted by Crippen LogP contribution is 2.36. The molecule has 0 fully saturated rings. The Kier molecular flexibility index (Phi) is 6.87. The van der Waals surface area contributed by atoms with Gasteiger partial charge >= 0.3 is 0 Å². The predicted octanol–water partition coefficient (Wildman–Crippen LogP) is 4.25. The Bertz CT molecular complexity index is 1140. The molecule has 1 aliphatic rings. The standard InChI is InChI=1S/C25H24N4O2S/c26-21-8-7-20(23-2-1-13-32-23)15-22(21)29-25(31)19-5-3-18(4-6-19)16-28-24(30)14-17-9-11-27-12-10-17/h2-12,15H,1,13-14,16,26H2,(H,28,30)(H,29,31). The number of nitrogens with zero attached hydrogens (tertiary/aromatic N) is 1. The van der Waals surface area contributed by atoms with Gasteiger partial charge in [0.05, 0.1) is 17.8 Å². The van der Waals surface area contributed by atoms with Crippen LogP contribution in [0.25, 0.3) is 4.91 Å². The number of carbonyl (C=O) groups excluding carboxylic acids is 2. The number of allylic oxidation sites excluding steroid dienone is 1. The zero-order valence-corrected chi connectivity index (χ0v) is 18.3. The Morgan fingerprint density at radius 3 is 2.50 bits per heavy atom. The molecule has 0 aliphatic carbocycles. The molecule has 6 nitrogen and oxygen atoms in total. The summed E-state index contributed by atoms with van der Waals surface area (Å²) in [7, 11) is 0. The molecule has 2 amide bonds. The van der Waals surface area contributed by atoms with Crippen molar-refractivity contribution in [2.45, 2.75) is 19.4 Å². The summed E-state index contributed by atoms with van der Waals surface area (Å²) in [5.74, 6) is 0.789. The van der Waals surface area contributed by atoms with Gasteiger partial charge in [0.25, 0.3) is 5.91 Å². The van der Waals surface area contributed by atoms with Gasteiger partial charge in [-0.05, 0) is 59.5 Å². The highest BCUT2D eigenvalue weighted by molar-refractivity contribution is 8.08. The summed E-state index contributed by atoms with van der Waals surface area (Å²) in [5.41, 5.74) is 10.6. The van der Waals surface area contributed by atoms with Crippen molar-refractivity contribution in [3.8, 4) is 0 Å². The van der Waals surface area contributed by atoms with Crippen molar-refractivity contribution in [1.29, 1.82) is 0 Å². The highest BCUT2D eigenvalue weighted by atomic mass is 32.2. The predicted molar refractivity (Wildman–Crippen MR) is 130 cm³/mol. The SMILES string of the molecule is Nc1ccc(C2=CCCS2)cc1NC(=O)c1ccc(CNC(=O)Cc2ccncc2)cc1. The van der Waals surface area contributed by atoms with Crippen LogP contribution in [0.4, 0.5) is 11.4 Å². The molecule has 4 rings (SSSR count). The average Bonchev–Trinajstić information content (AvgIpc) is 3.35. The quantitative estimate of drug-likeness (QED) is 0.473. The van der Waals surface area contributed by atoms with Crippen molar-refractivity contribution >= 4 is 39.9 Å². The molecule has 0 saturated heterocycles. The second kappa shape index (κ2) is 10.2. The fourth-order valence-corrected chi connectivity index (χ4v) is 4.34. The number of nitrogens with one attached hydrogen (secondary N) is 2. The molecule has 32 heavy (non-hydrogen) atoms. The van der Waals surface area contributed by atoms with Crippen molar-refractivity contribution < 1.29 is 9.59 Å². The smallest absolute Gasteiger partial charge is 0.255 e. The van der Waals surface area contributed by atoms with Crippen LogP contribution >= 0.6 is 11.8 Å². The molecule has 0 unspecified atom stereocenters. The first kappa shape index (κ1) is 21.6. The number of carbonyl (C=O) groups is 2. The van der Waals surface area contributed by atoms with Crippen LogP contribution in [0.3, 0.4) is 0 Å². The summed E-state index contributed by atoms with van der Waals surface area (Å²) in [5, 5.41) is 5.80. The van der Waals surface area contributed by atoms with Crippen LogP contribution in [-0.4, -0.2) is 22.6 Å². The van der Waals surface area contributed by atoms with Crippen molar-refractivity contribution in [1.82, 2.24) is 10.3 Å². The maximum atomic E-state index is 12.7. The number of hydrogen-bond donors (Lipinski definition) is 3. The lowest BCUT2D eigenvalue weighted by Gasteiger charge is -2.11. The molecule has 1 aliphatic heterocycles. The van der Waals surface area contributed by atoms with Gasteiger partial charge in [0, 0.05) is 35.2 Å². The number of nitrogen functional groups attached to an aromatic ring is 1. The second-order valence-electron chi connectivity index (χ2n) is 7.47. The van der Waals surface area contributed by atoms with Gasteiger partial charge in [-0.15, -0.1) is 11.8 Å². The zero-order chi connectivity index (χ0) is 22.3. The molecule has 0 radical (unpaired) electrons. The Morgan fingerprint density at radius 1 is 1.00 bits per heavy atom. The third-order valence-corrected chi connectivity index (χ3v) is 6.26. The van der Waals surface area contributed by atoms with E-state index in [2.05, 4.69) is 21.7 Å². The summed E-state index contributed by atoms with van der Waals surface area (Å²) in [6.45, 7) is 0.396. The van der Waals surface area contributed by atoms with Gasteiger partial charge in [-0.25, -0.2) is 0 Å². The van der Waals surface area contributed by atoms with Crippen molar-refractivity contribution in [2.75, 3.05) is 16.8 Å². The van der Waals surface area contributed by atoms with Crippen molar-refractivity contribution in [3.05, 3.63) is 95.3 Å². The van der Waals surface area contributed by atoms with Gasteiger partial charge in [-0.1, -0.05) is 24.3 Å². The van der Waals surface area contributed by atoms with Gasteiger partial charge in [0.1, 0.15) is 0 Å². The first-order chi connectivity index (χ1) is 15.6. The van der Waals surface area contributed by atoms with E-state index in [0.29, 0.717) is 29.9 Å². The minimum absolute atomic E-state index is 0.0658. The van der Waals surface area contributed by atoms with E-state index in [1.807, 2.05) is 54.2 Å². The monoisotopic (exact) mass is 444 g/mol. The maximum Gasteiger partial charge on any atom is 0.255 e. The lowest BCUT2D eigenvalue weighted by molar-refractivity contribution is -0.120. The molecule has 1 aromatic heterocycles. The molecule has 0 spiro atoms. The number of nitrogens with two attached hydrogens (primary N) is 1. The number of thioether (sulfide) groups is 1. The van der Waals surface area contributed by atoms with Crippen LogP contribution < -0.4 is 16.4 Å². The molecule has 162 valence electrons. The Morgan fingerprint density at radius 2 is 1.78 bits per heavy atom. The molecule has 2 aromatic carbocycles. The van der Waals surface area contributed by atoms with E-state index in [1.165, 1.54) is 4.91 Å². The van der Waals surface area contributed by atoms with E-state index >= 15 is 0 Å². The van der Waals surface area contributed by atoms with Crippen molar-refractivity contribution in [3.63, 3.8) is 0 Å². The fraction of sp³-hybridized carbons (Fsp3) is 0.160. The topological polar surface area (TPSA) is 97.1 Å². The summed E-state index contributed by atoms with van der Waals surface area (Å²) in [4.78, 5) is 30.0. The van der Waals surface area contributed by atoms with Gasteiger partial charge < -0.3 is 16.4 Å². The van der Waals surface area contributed by atoms with E-state index in [4.69, 9.17) is 5.73 Å². The normalized spacial score (nSPS) is 12.8. The average molecular weight is 445 g/mol. The largest absolute Gasteiger partial charge is 0.397 e. The fourth-order valence-electron chi connectivity index (χ4n) is 3.35. The first-order valence-electron chi connectivity index (χ1n) is 10.4. The van der Waals surface area contributed by atoms with Gasteiger partial charge in [0.15, 0.2) is 0 Å². The van der Waals surface area contributed by atoms with Gasteiger partial charge in [0.2, 0.25) is 5.91 Å². The second-order valence-corrected chi connectivity index (χ2v) is 8.60. The zero-order valence-electron chi connectivity index (χ0n) is 17.5. The third-order valence-electron chi connectivity index (χ3n) is 5.11. The van der Waals surface area contributed by atoms with E-state index in [9.17, 15) is 9.59 Å². The van der Waals surface area contributed by atoms with Crippen LogP contribution in [0.2, 0.25) is 0 Å². The summed E-state index contributed by atoms with van der Waals surface area (Å²) < 4.78 is 0. The molecule has 2 heterocycles. The van der Waals surface area contributed by atoms with E-state index in [0.717, 1.165) is 28.9 Å². The molecular formula is C25H24N4O2S. The minimum Gasteiger partial charge on any atom is -0.397 e. The van der Waals surface area contributed by atoms with E-state index in [-0.39, 0.29) is 11.8 Å². The molecule has 0 bridgehead atoms. The van der Waals surface area contributed by atoms with E-state index in [1.54, 1.807) is 24.5 Å². The molecule has 7 heteroatoms. The number of hydrogen-bond acceptors (Lipinski definition) is 5. The number of pyridine rings is 1. The Balaban J connectivity index is 1.34. The summed E-state index contributed by atoms with van der Waals surface area (Å²) in [6, 6.07) is 16.5. The highest BCUT2D eigenvalue weighted by Gasteiger charge is 2.13. The number of amides is 2. The van der Waals surface area contributed by atoms with Crippen LogP contribution in [0, 0.1) is 0 Å². The number of rotatable bonds is 7. The van der Waals surface area contributed by atoms with Gasteiger partial charge in [-0.2, -0.15) is 0 Å². The van der Waals surface area contributed by atoms with Crippen LogP contribution in [0.5, 0.6) is 0 Å². The first-order valence-corrected chi connectivity index (χ1v) is 11.4. The lowest BCUT2D eigenvalue weighted by Crippen LogP contribution is -2.24. The summed E-state index contributed by atoms with van der Waals surface area (Å²) >= 11 is 1.81. The lowest BCUT2D eigenvalue weighted by atomic mass is 10.1.